The summed E-state index contributed by atoms with van der Waals surface area (Å²) in [6.45, 7) is 12.3. The van der Waals surface area contributed by atoms with Crippen LogP contribution in [0.4, 0.5) is 0 Å². The van der Waals surface area contributed by atoms with E-state index in [-0.39, 0.29) is 11.0 Å². The Morgan fingerprint density at radius 2 is 1.48 bits per heavy atom. The molecule has 44 heavy (non-hydrogen) atoms. The Bertz CT molecular complexity index is 1940. The topological polar surface area (TPSA) is 3.88 Å². The molecule has 2 saturated carbocycles. The second-order valence-corrected chi connectivity index (χ2v) is 15.8. The molecule has 3 aromatic carbocycles. The van der Waals surface area contributed by atoms with Crippen molar-refractivity contribution in [2.24, 2.45) is 17.8 Å². The maximum absolute atomic E-state index is 2.90. The van der Waals surface area contributed by atoms with E-state index < -0.39 is 0 Å². The van der Waals surface area contributed by atoms with E-state index in [4.69, 9.17) is 0 Å². The summed E-state index contributed by atoms with van der Waals surface area (Å²) in [7, 11) is 0. The lowest BCUT2D eigenvalue weighted by atomic mass is 9.55. The molecule has 5 aliphatic rings. The van der Waals surface area contributed by atoms with Gasteiger partial charge in [-0.25, -0.2) is 0 Å². The van der Waals surface area contributed by atoms with Gasteiger partial charge in [0, 0.05) is 22.6 Å². The van der Waals surface area contributed by atoms with Crippen molar-refractivity contribution in [1.29, 1.82) is 0 Å². The Morgan fingerprint density at radius 1 is 0.750 bits per heavy atom. The molecule has 0 radical (unpaired) electrons. The third-order valence-corrected chi connectivity index (χ3v) is 12.9. The van der Waals surface area contributed by atoms with Crippen LogP contribution in [0.2, 0.25) is 0 Å². The molecule has 0 N–H and O–H groups in total. The van der Waals surface area contributed by atoms with Gasteiger partial charge < -0.3 is 0 Å². The van der Waals surface area contributed by atoms with Gasteiger partial charge in [-0.15, -0.1) is 0 Å². The molecule has 2 heterocycles. The summed E-state index contributed by atoms with van der Waals surface area (Å²) in [6, 6.07) is 19.5. The molecule has 4 aliphatic carbocycles. The van der Waals surface area contributed by atoms with Crippen molar-refractivity contribution in [2.75, 3.05) is 0 Å². The SMILES string of the molecule is CC1=CC(C)=C(C2CCCCC2)C2(c3cc4ccccc4c4c3-c3c5c(cc(C)cc5cc[n+]32)C4(C)C)C1C1CCCCC1. The summed E-state index contributed by atoms with van der Waals surface area (Å²) in [5, 5.41) is 5.79. The van der Waals surface area contributed by atoms with Crippen LogP contribution < -0.4 is 4.57 Å². The highest BCUT2D eigenvalue weighted by atomic mass is 15.1. The molecule has 0 bridgehead atoms. The number of allylic oxidation sites excluding steroid dienone is 4. The van der Waals surface area contributed by atoms with Gasteiger partial charge in [0.15, 0.2) is 6.20 Å². The molecule has 2 atom stereocenters. The minimum atomic E-state index is -0.160. The van der Waals surface area contributed by atoms with Crippen molar-refractivity contribution in [1.82, 2.24) is 0 Å². The van der Waals surface area contributed by atoms with Crippen LogP contribution >= 0.6 is 0 Å². The van der Waals surface area contributed by atoms with Crippen molar-refractivity contribution in [3.8, 4) is 11.3 Å². The zero-order chi connectivity index (χ0) is 30.0. The summed E-state index contributed by atoms with van der Waals surface area (Å²) < 4.78 is 2.90. The Labute approximate surface area is 264 Å². The van der Waals surface area contributed by atoms with E-state index in [0.29, 0.717) is 11.8 Å². The van der Waals surface area contributed by atoms with E-state index in [1.54, 1.807) is 33.4 Å². The second kappa shape index (κ2) is 9.41. The first kappa shape index (κ1) is 27.1. The molecule has 224 valence electrons. The molecule has 1 aromatic heterocycles. The first-order valence-electron chi connectivity index (χ1n) is 17.8. The van der Waals surface area contributed by atoms with Crippen molar-refractivity contribution in [3.63, 3.8) is 0 Å². The Hall–Kier alpha value is -3.19. The first-order valence-corrected chi connectivity index (χ1v) is 17.8. The Balaban J connectivity index is 1.51. The molecule has 1 nitrogen and oxygen atoms in total. The van der Waals surface area contributed by atoms with Crippen molar-refractivity contribution >= 4 is 21.5 Å². The van der Waals surface area contributed by atoms with Crippen LogP contribution in [-0.4, -0.2) is 0 Å². The zero-order valence-corrected chi connectivity index (χ0v) is 27.5. The molecule has 1 spiro atoms. The van der Waals surface area contributed by atoms with E-state index in [2.05, 4.69) is 100.0 Å². The highest BCUT2D eigenvalue weighted by Crippen LogP contribution is 2.63. The van der Waals surface area contributed by atoms with Gasteiger partial charge in [0.25, 0.3) is 0 Å². The molecule has 1 heteroatoms. The quantitative estimate of drug-likeness (QED) is 0.208. The van der Waals surface area contributed by atoms with Crippen LogP contribution in [-0.2, 0) is 11.0 Å². The maximum atomic E-state index is 2.90. The summed E-state index contributed by atoms with van der Waals surface area (Å²) in [5.41, 5.74) is 13.9. The van der Waals surface area contributed by atoms with Gasteiger partial charge in [-0.3, -0.25) is 0 Å². The number of rotatable bonds is 2. The lowest BCUT2D eigenvalue weighted by Gasteiger charge is -2.47. The predicted octanol–water partition coefficient (Wildman–Crippen LogP) is 11.0. The summed E-state index contributed by atoms with van der Waals surface area (Å²) in [6.07, 6.45) is 18.9. The summed E-state index contributed by atoms with van der Waals surface area (Å²) in [4.78, 5) is 0. The molecule has 2 fully saturated rings. The van der Waals surface area contributed by atoms with Crippen LogP contribution in [0, 0.1) is 24.7 Å². The molecular formula is C43H48N+. The van der Waals surface area contributed by atoms with E-state index in [0.717, 1.165) is 5.92 Å². The Kier molecular flexibility index (Phi) is 5.81. The van der Waals surface area contributed by atoms with Gasteiger partial charge >= 0.3 is 0 Å². The fourth-order valence-corrected chi connectivity index (χ4v) is 11.5. The number of hydrogen-bond donors (Lipinski definition) is 0. The normalized spacial score (nSPS) is 26.2. The summed E-state index contributed by atoms with van der Waals surface area (Å²) >= 11 is 0. The van der Waals surface area contributed by atoms with Gasteiger partial charge in [0.05, 0.1) is 16.9 Å². The van der Waals surface area contributed by atoms with Gasteiger partial charge in [-0.1, -0.05) is 106 Å². The number of pyridine rings is 1. The minimum absolute atomic E-state index is 0.0867. The smallest absolute Gasteiger partial charge is 0.183 e. The highest BCUT2D eigenvalue weighted by molar-refractivity contribution is 6.07. The van der Waals surface area contributed by atoms with E-state index in [1.807, 2.05) is 0 Å². The van der Waals surface area contributed by atoms with Crippen LogP contribution in [0.25, 0.3) is 32.8 Å². The first-order chi connectivity index (χ1) is 21.3. The van der Waals surface area contributed by atoms with E-state index >= 15 is 0 Å². The average Bonchev–Trinajstić information content (AvgIpc) is 3.29. The van der Waals surface area contributed by atoms with Gasteiger partial charge in [0.2, 0.25) is 11.2 Å². The number of hydrogen-bond acceptors (Lipinski definition) is 0. The minimum Gasteiger partial charge on any atom is -0.183 e. The highest BCUT2D eigenvalue weighted by Gasteiger charge is 2.65. The van der Waals surface area contributed by atoms with E-state index in [9.17, 15) is 0 Å². The number of aromatic nitrogens is 1. The van der Waals surface area contributed by atoms with Crippen molar-refractivity contribution in [2.45, 2.75) is 110 Å². The third kappa shape index (κ3) is 3.34. The maximum Gasteiger partial charge on any atom is 0.223 e. The van der Waals surface area contributed by atoms with Crippen molar-refractivity contribution in [3.05, 3.63) is 99.8 Å². The predicted molar refractivity (Wildman–Crippen MR) is 184 cm³/mol. The second-order valence-electron chi connectivity index (χ2n) is 15.8. The largest absolute Gasteiger partial charge is 0.223 e. The lowest BCUT2D eigenvalue weighted by molar-refractivity contribution is -0.737. The standard InChI is InChI=1S/C43H48N/c1-26-22-32-20-21-44-41-36(32)34(23-26)42(4,5)40-33-19-13-12-18-31(33)25-35(37(40)41)43(44)38(29-14-8-6-9-15-29)27(2)24-28(3)39(43)30-16-10-7-11-17-30/h12-13,18-25,29-30,38H,6-11,14-17H2,1-5H3/q+1. The van der Waals surface area contributed by atoms with Crippen LogP contribution in [0.1, 0.15) is 114 Å². The molecule has 4 aromatic rings. The fourth-order valence-electron chi connectivity index (χ4n) is 11.5. The van der Waals surface area contributed by atoms with Crippen LogP contribution in [0.5, 0.6) is 0 Å². The number of nitrogens with zero attached hydrogens (tertiary/aromatic N) is 1. The van der Waals surface area contributed by atoms with Crippen LogP contribution in [0.3, 0.4) is 0 Å². The average molecular weight is 579 g/mol. The summed E-state index contributed by atoms with van der Waals surface area (Å²) in [5.74, 6) is 1.87. The molecule has 1 aliphatic heterocycles. The third-order valence-electron chi connectivity index (χ3n) is 12.9. The van der Waals surface area contributed by atoms with Gasteiger partial charge in [-0.2, -0.15) is 4.57 Å². The Morgan fingerprint density at radius 3 is 2.25 bits per heavy atom. The zero-order valence-electron chi connectivity index (χ0n) is 27.5. The van der Waals surface area contributed by atoms with Gasteiger partial charge in [0.1, 0.15) is 0 Å². The fraction of sp³-hybridized carbons (Fsp3) is 0.465. The number of benzene rings is 3. The monoisotopic (exact) mass is 578 g/mol. The lowest BCUT2D eigenvalue weighted by Crippen LogP contribution is -2.64. The molecule has 0 saturated heterocycles. The molecule has 2 unspecified atom stereocenters. The number of fused-ring (bicyclic) bond motifs is 4. The molecular weight excluding hydrogens is 530 g/mol. The van der Waals surface area contributed by atoms with Gasteiger partial charge in [-0.05, 0) is 97.2 Å². The number of aryl methyl sites for hydroxylation is 1. The molecule has 0 amide bonds. The molecule has 9 rings (SSSR count). The van der Waals surface area contributed by atoms with Crippen LogP contribution in [0.15, 0.2) is 77.5 Å². The van der Waals surface area contributed by atoms with Crippen molar-refractivity contribution < 1.29 is 4.57 Å². The van der Waals surface area contributed by atoms with E-state index in [1.165, 1.54) is 103 Å².